The van der Waals surface area contributed by atoms with Crippen molar-refractivity contribution < 1.29 is 8.78 Å². The number of tetrazole rings is 1. The highest BCUT2D eigenvalue weighted by Crippen LogP contribution is 2.52. The minimum Gasteiger partial charge on any atom is -0.291 e. The third-order valence-corrected chi connectivity index (χ3v) is 7.35. The van der Waals surface area contributed by atoms with Crippen LogP contribution in [0, 0.1) is 34.4 Å². The summed E-state index contributed by atoms with van der Waals surface area (Å²) < 4.78 is 32.1. The fourth-order valence-electron chi connectivity index (χ4n) is 5.72. The molecule has 1 aliphatic heterocycles. The molecule has 3 unspecified atom stereocenters. The normalized spacial score (nSPS) is 18.1. The zero-order valence-corrected chi connectivity index (χ0v) is 21.9. The van der Waals surface area contributed by atoms with E-state index in [0.717, 1.165) is 11.1 Å². The Bertz CT molecular complexity index is 1570. The second-order valence-electron chi connectivity index (χ2n) is 10.4. The van der Waals surface area contributed by atoms with Crippen LogP contribution in [-0.4, -0.2) is 37.3 Å². The molecule has 0 spiro atoms. The van der Waals surface area contributed by atoms with E-state index in [2.05, 4.69) is 32.4 Å². The van der Waals surface area contributed by atoms with Crippen LogP contribution in [0.5, 0.6) is 0 Å². The molecule has 7 nitrogen and oxygen atoms in total. The molecule has 0 saturated carbocycles. The quantitative estimate of drug-likeness (QED) is 0.319. The lowest BCUT2D eigenvalue weighted by molar-refractivity contribution is -0.0430. The third-order valence-electron chi connectivity index (χ3n) is 7.35. The molecule has 3 aromatic carbocycles. The topological polar surface area (TPSA) is 94.4 Å². The van der Waals surface area contributed by atoms with E-state index in [4.69, 9.17) is 0 Å². The molecule has 196 valence electrons. The molecule has 0 aliphatic carbocycles. The summed E-state index contributed by atoms with van der Waals surface area (Å²) in [5.74, 6) is -1.46. The molecule has 4 aromatic rings. The van der Waals surface area contributed by atoms with Gasteiger partial charge in [0.1, 0.15) is 11.5 Å². The summed E-state index contributed by atoms with van der Waals surface area (Å²) in [6, 6.07) is 23.6. The highest BCUT2D eigenvalue weighted by atomic mass is 19.1. The van der Waals surface area contributed by atoms with Gasteiger partial charge >= 0.3 is 0 Å². The minimum atomic E-state index is -1.75. The lowest BCUT2D eigenvalue weighted by Crippen LogP contribution is -2.54. The van der Waals surface area contributed by atoms with Gasteiger partial charge in [-0.3, -0.25) is 4.90 Å². The fraction of sp³-hybridized carbons (Fsp3) is 0.300. The molecule has 0 amide bonds. The molecule has 2 heterocycles. The van der Waals surface area contributed by atoms with Gasteiger partial charge in [0, 0.05) is 31.0 Å². The van der Waals surface area contributed by atoms with Crippen LogP contribution in [0.2, 0.25) is 0 Å². The molecule has 5 rings (SSSR count). The smallest absolute Gasteiger partial charge is 0.207 e. The van der Waals surface area contributed by atoms with Crippen LogP contribution >= 0.6 is 0 Å². The standard InChI is InChI=1S/C30H27F2N7/c1-30(2,32)26(23-8-5-9-24(27(23)31)29-35-37-38(3)36-29)25-18-39(17-21-7-4-6-20(14-21)16-34)28(25)22-12-10-19(15-33)11-13-22/h4-14,25-26,28H,17-18H2,1-3H3. The third kappa shape index (κ3) is 5.14. The van der Waals surface area contributed by atoms with Gasteiger partial charge < -0.3 is 0 Å². The number of nitriles is 2. The van der Waals surface area contributed by atoms with Gasteiger partial charge in [0.05, 0.1) is 35.9 Å². The summed E-state index contributed by atoms with van der Waals surface area (Å²) in [4.78, 5) is 3.46. The van der Waals surface area contributed by atoms with E-state index >= 15 is 8.78 Å². The molecule has 1 fully saturated rings. The Hall–Kier alpha value is -4.47. The van der Waals surface area contributed by atoms with Crippen LogP contribution in [0.15, 0.2) is 66.7 Å². The van der Waals surface area contributed by atoms with Gasteiger partial charge in [-0.05, 0) is 66.1 Å². The molecule has 1 aliphatic rings. The summed E-state index contributed by atoms with van der Waals surface area (Å²) >= 11 is 0. The minimum absolute atomic E-state index is 0.142. The van der Waals surface area contributed by atoms with E-state index in [1.54, 1.807) is 43.4 Å². The maximum Gasteiger partial charge on any atom is 0.207 e. The average Bonchev–Trinajstić information content (AvgIpc) is 3.34. The lowest BCUT2D eigenvalue weighted by atomic mass is 9.67. The van der Waals surface area contributed by atoms with Crippen molar-refractivity contribution in [2.24, 2.45) is 13.0 Å². The number of benzene rings is 3. The van der Waals surface area contributed by atoms with Crippen molar-refractivity contribution in [2.75, 3.05) is 6.54 Å². The highest BCUT2D eigenvalue weighted by molar-refractivity contribution is 5.57. The Morgan fingerprint density at radius 3 is 2.38 bits per heavy atom. The van der Waals surface area contributed by atoms with Gasteiger partial charge in [-0.25, -0.2) is 8.78 Å². The van der Waals surface area contributed by atoms with Crippen molar-refractivity contribution in [3.63, 3.8) is 0 Å². The van der Waals surface area contributed by atoms with Gasteiger partial charge in [0.2, 0.25) is 5.82 Å². The first-order valence-corrected chi connectivity index (χ1v) is 12.6. The van der Waals surface area contributed by atoms with Crippen LogP contribution in [0.3, 0.4) is 0 Å². The molecular weight excluding hydrogens is 496 g/mol. The Kier molecular flexibility index (Phi) is 6.94. The van der Waals surface area contributed by atoms with Crippen molar-refractivity contribution in [2.45, 2.75) is 38.0 Å². The van der Waals surface area contributed by atoms with E-state index in [1.165, 1.54) is 18.6 Å². The summed E-state index contributed by atoms with van der Waals surface area (Å²) in [7, 11) is 1.60. The summed E-state index contributed by atoms with van der Waals surface area (Å²) in [5.41, 5.74) is 1.67. The Labute approximate surface area is 225 Å². The molecule has 39 heavy (non-hydrogen) atoms. The maximum atomic E-state index is 16.1. The van der Waals surface area contributed by atoms with Gasteiger partial charge in [-0.15, -0.1) is 10.2 Å². The number of rotatable bonds is 7. The molecular formula is C30H27F2N7. The number of hydrogen-bond acceptors (Lipinski definition) is 6. The van der Waals surface area contributed by atoms with E-state index in [1.807, 2.05) is 30.3 Å². The van der Waals surface area contributed by atoms with E-state index < -0.39 is 17.4 Å². The summed E-state index contributed by atoms with van der Waals surface area (Å²) in [5, 5.41) is 30.5. The number of halogens is 2. The summed E-state index contributed by atoms with van der Waals surface area (Å²) in [6.07, 6.45) is 0. The predicted octanol–water partition coefficient (Wildman–Crippen LogP) is 5.46. The molecule has 9 heteroatoms. The van der Waals surface area contributed by atoms with Crippen LogP contribution in [0.4, 0.5) is 8.78 Å². The predicted molar refractivity (Wildman–Crippen MR) is 141 cm³/mol. The number of aromatic nitrogens is 4. The van der Waals surface area contributed by atoms with Crippen LogP contribution in [-0.2, 0) is 13.6 Å². The molecule has 0 radical (unpaired) electrons. The Balaban J connectivity index is 1.56. The molecule has 3 atom stereocenters. The Morgan fingerprint density at radius 2 is 1.74 bits per heavy atom. The van der Waals surface area contributed by atoms with Crippen molar-refractivity contribution in [3.05, 3.63) is 100 Å². The Morgan fingerprint density at radius 1 is 1.03 bits per heavy atom. The largest absolute Gasteiger partial charge is 0.291 e. The van der Waals surface area contributed by atoms with Crippen LogP contribution < -0.4 is 0 Å². The number of hydrogen-bond donors (Lipinski definition) is 0. The van der Waals surface area contributed by atoms with Crippen molar-refractivity contribution in [1.29, 1.82) is 10.5 Å². The molecule has 1 aromatic heterocycles. The zero-order valence-electron chi connectivity index (χ0n) is 21.9. The fourth-order valence-corrected chi connectivity index (χ4v) is 5.72. The lowest BCUT2D eigenvalue weighted by Gasteiger charge is -2.54. The first-order chi connectivity index (χ1) is 18.7. The number of nitrogens with zero attached hydrogens (tertiary/aromatic N) is 7. The summed E-state index contributed by atoms with van der Waals surface area (Å²) in [6.45, 7) is 4.03. The van der Waals surface area contributed by atoms with Gasteiger partial charge in [0.15, 0.2) is 0 Å². The molecule has 0 bridgehead atoms. The van der Waals surface area contributed by atoms with Crippen LogP contribution in [0.1, 0.15) is 53.6 Å². The van der Waals surface area contributed by atoms with Crippen molar-refractivity contribution in [1.82, 2.24) is 25.1 Å². The van der Waals surface area contributed by atoms with Gasteiger partial charge in [-0.1, -0.05) is 36.4 Å². The van der Waals surface area contributed by atoms with Crippen molar-refractivity contribution >= 4 is 0 Å². The second-order valence-corrected chi connectivity index (χ2v) is 10.4. The maximum absolute atomic E-state index is 16.1. The van der Waals surface area contributed by atoms with E-state index in [9.17, 15) is 10.5 Å². The number of likely N-dealkylation sites (tertiary alicyclic amines) is 1. The number of alkyl halides is 1. The SMILES string of the molecule is Cn1nnc(-c2cccc(C(C3CN(Cc4cccc(C#N)c4)C3c3ccc(C#N)cc3)C(C)(C)F)c2F)n1. The highest BCUT2D eigenvalue weighted by Gasteiger charge is 2.50. The zero-order chi connectivity index (χ0) is 27.7. The van der Waals surface area contributed by atoms with Crippen LogP contribution in [0.25, 0.3) is 11.4 Å². The van der Waals surface area contributed by atoms with Gasteiger partial charge in [-0.2, -0.15) is 15.3 Å². The monoisotopic (exact) mass is 523 g/mol. The van der Waals surface area contributed by atoms with Gasteiger partial charge in [0.25, 0.3) is 0 Å². The van der Waals surface area contributed by atoms with Crippen molar-refractivity contribution in [3.8, 4) is 23.5 Å². The second kappa shape index (κ2) is 10.4. The average molecular weight is 524 g/mol. The van der Waals surface area contributed by atoms with E-state index in [0.29, 0.717) is 24.2 Å². The number of aryl methyl sites for hydroxylation is 1. The molecule has 1 saturated heterocycles. The first kappa shape index (κ1) is 26.1. The first-order valence-electron chi connectivity index (χ1n) is 12.6. The molecule has 0 N–H and O–H groups in total. The van der Waals surface area contributed by atoms with E-state index in [-0.39, 0.29) is 28.9 Å².